The molecule has 120 valence electrons. The van der Waals surface area contributed by atoms with Crippen molar-refractivity contribution in [3.05, 3.63) is 34.9 Å². The molecule has 2 fully saturated rings. The molecule has 2 heterocycles. The van der Waals surface area contributed by atoms with Crippen LogP contribution in [-0.4, -0.2) is 49.2 Å². The number of hydroxylamine groups is 2. The normalized spacial score (nSPS) is 31.3. The number of benzene rings is 1. The van der Waals surface area contributed by atoms with Crippen LogP contribution in [0.15, 0.2) is 24.3 Å². The third-order valence-corrected chi connectivity index (χ3v) is 5.69. The van der Waals surface area contributed by atoms with Crippen LogP contribution in [0.2, 0.25) is 5.02 Å². The average molecular weight is 323 g/mol. The summed E-state index contributed by atoms with van der Waals surface area (Å²) in [5.41, 5.74) is 1.21. The van der Waals surface area contributed by atoms with E-state index < -0.39 is 0 Å². The Kier molecular flexibility index (Phi) is 4.44. The molecule has 2 aliphatic heterocycles. The summed E-state index contributed by atoms with van der Waals surface area (Å²) in [6, 6.07) is 8.82. The van der Waals surface area contributed by atoms with E-state index in [2.05, 4.69) is 24.1 Å². The molecule has 0 saturated carbocycles. The second-order valence-corrected chi connectivity index (χ2v) is 6.84. The second-order valence-electron chi connectivity index (χ2n) is 6.40. The smallest absolute Gasteiger partial charge is 0.251 e. The molecule has 4 atom stereocenters. The number of halogens is 1. The standard InChI is InChI=1S/C17H23ClN2O2/c1-19-13-8-9-15(19)16(17(21)20(2)22-3)14(10-13)11-4-6-12(18)7-5-11/h4-7,13-16H,8-10H2,1-3H3/t13-,14-,15?,16?/m1/s1. The lowest BCUT2D eigenvalue weighted by Crippen LogP contribution is -2.51. The molecule has 22 heavy (non-hydrogen) atoms. The lowest BCUT2D eigenvalue weighted by Gasteiger charge is -2.43. The molecule has 0 radical (unpaired) electrons. The number of piperidine rings is 1. The van der Waals surface area contributed by atoms with E-state index in [1.807, 2.05) is 12.1 Å². The Morgan fingerprint density at radius 2 is 2.00 bits per heavy atom. The number of carbonyl (C=O) groups is 1. The third kappa shape index (κ3) is 2.64. The third-order valence-electron chi connectivity index (χ3n) is 5.44. The highest BCUT2D eigenvalue weighted by Crippen LogP contribution is 2.46. The minimum atomic E-state index is -0.0603. The second kappa shape index (κ2) is 6.19. The summed E-state index contributed by atoms with van der Waals surface area (Å²) >= 11 is 6.01. The Hall–Kier alpha value is -1.10. The van der Waals surface area contributed by atoms with Crippen LogP contribution in [0.1, 0.15) is 30.7 Å². The van der Waals surface area contributed by atoms with Gasteiger partial charge in [-0.2, -0.15) is 0 Å². The molecule has 0 N–H and O–H groups in total. The molecule has 3 rings (SSSR count). The van der Waals surface area contributed by atoms with Gasteiger partial charge in [-0.05, 0) is 49.9 Å². The fourth-order valence-electron chi connectivity index (χ4n) is 4.16. The predicted octanol–water partition coefficient (Wildman–Crippen LogP) is 2.93. The predicted molar refractivity (Wildman–Crippen MR) is 86.7 cm³/mol. The SMILES string of the molecule is CON(C)C(=O)C1C2CC[C@H](C[C@@H]1c1ccc(Cl)cc1)N2C. The molecule has 2 bridgehead atoms. The first-order valence-corrected chi connectivity index (χ1v) is 8.19. The number of carbonyl (C=O) groups excluding carboxylic acids is 1. The Bertz CT molecular complexity index is 548. The van der Waals surface area contributed by atoms with Crippen molar-refractivity contribution >= 4 is 17.5 Å². The van der Waals surface area contributed by atoms with E-state index in [9.17, 15) is 4.79 Å². The molecular formula is C17H23ClN2O2. The Morgan fingerprint density at radius 1 is 1.32 bits per heavy atom. The van der Waals surface area contributed by atoms with Crippen LogP contribution in [0.3, 0.4) is 0 Å². The van der Waals surface area contributed by atoms with Crippen LogP contribution in [0.4, 0.5) is 0 Å². The maximum atomic E-state index is 12.9. The fraction of sp³-hybridized carbons (Fsp3) is 0.588. The van der Waals surface area contributed by atoms with E-state index in [1.54, 1.807) is 14.2 Å². The monoisotopic (exact) mass is 322 g/mol. The van der Waals surface area contributed by atoms with Crippen molar-refractivity contribution in [3.63, 3.8) is 0 Å². The van der Waals surface area contributed by atoms with E-state index >= 15 is 0 Å². The van der Waals surface area contributed by atoms with Gasteiger partial charge in [0.1, 0.15) is 0 Å². The summed E-state index contributed by atoms with van der Waals surface area (Å²) < 4.78 is 0. The topological polar surface area (TPSA) is 32.8 Å². The summed E-state index contributed by atoms with van der Waals surface area (Å²) in [5, 5.41) is 2.11. The highest BCUT2D eigenvalue weighted by molar-refractivity contribution is 6.30. The average Bonchev–Trinajstić information content (AvgIpc) is 2.76. The van der Waals surface area contributed by atoms with Crippen LogP contribution in [-0.2, 0) is 9.63 Å². The summed E-state index contributed by atoms with van der Waals surface area (Å²) in [4.78, 5) is 20.4. The summed E-state index contributed by atoms with van der Waals surface area (Å²) in [7, 11) is 5.38. The molecule has 4 nitrogen and oxygen atoms in total. The summed E-state index contributed by atoms with van der Waals surface area (Å²) in [6.45, 7) is 0. The minimum absolute atomic E-state index is 0.0603. The molecule has 2 unspecified atom stereocenters. The Labute approximate surface area is 136 Å². The number of amides is 1. The Morgan fingerprint density at radius 3 is 2.64 bits per heavy atom. The van der Waals surface area contributed by atoms with E-state index in [0.717, 1.165) is 17.9 Å². The van der Waals surface area contributed by atoms with Crippen molar-refractivity contribution in [1.82, 2.24) is 9.96 Å². The van der Waals surface area contributed by atoms with Gasteiger partial charge in [-0.3, -0.25) is 14.5 Å². The number of hydrogen-bond acceptors (Lipinski definition) is 3. The zero-order chi connectivity index (χ0) is 15.9. The highest BCUT2D eigenvalue weighted by Gasteiger charge is 2.49. The van der Waals surface area contributed by atoms with Crippen LogP contribution < -0.4 is 0 Å². The molecule has 0 spiro atoms. The van der Waals surface area contributed by atoms with Crippen molar-refractivity contribution in [1.29, 1.82) is 0 Å². The summed E-state index contributed by atoms with van der Waals surface area (Å²) in [6.07, 6.45) is 3.27. The first-order valence-electron chi connectivity index (χ1n) is 7.82. The molecule has 2 aliphatic rings. The van der Waals surface area contributed by atoms with Gasteiger partial charge in [-0.15, -0.1) is 0 Å². The summed E-state index contributed by atoms with van der Waals surface area (Å²) in [5.74, 6) is 0.241. The van der Waals surface area contributed by atoms with Gasteiger partial charge in [-0.25, -0.2) is 5.06 Å². The van der Waals surface area contributed by atoms with Gasteiger partial charge in [0.2, 0.25) is 0 Å². The maximum Gasteiger partial charge on any atom is 0.251 e. The van der Waals surface area contributed by atoms with Gasteiger partial charge < -0.3 is 0 Å². The van der Waals surface area contributed by atoms with Crippen LogP contribution in [0.25, 0.3) is 0 Å². The number of fused-ring (bicyclic) bond motifs is 2. The zero-order valence-electron chi connectivity index (χ0n) is 13.3. The first-order chi connectivity index (χ1) is 10.5. The molecule has 5 heteroatoms. The van der Waals surface area contributed by atoms with E-state index in [0.29, 0.717) is 12.1 Å². The molecular weight excluding hydrogens is 300 g/mol. The van der Waals surface area contributed by atoms with Crippen LogP contribution >= 0.6 is 11.6 Å². The quantitative estimate of drug-likeness (QED) is 0.802. The van der Waals surface area contributed by atoms with Gasteiger partial charge >= 0.3 is 0 Å². The largest absolute Gasteiger partial charge is 0.300 e. The zero-order valence-corrected chi connectivity index (χ0v) is 14.1. The van der Waals surface area contributed by atoms with Gasteiger partial charge in [0.25, 0.3) is 5.91 Å². The van der Waals surface area contributed by atoms with E-state index in [1.165, 1.54) is 17.0 Å². The molecule has 0 aliphatic carbocycles. The lowest BCUT2D eigenvalue weighted by molar-refractivity contribution is -0.177. The Balaban J connectivity index is 1.95. The van der Waals surface area contributed by atoms with E-state index in [4.69, 9.17) is 16.4 Å². The molecule has 0 aromatic heterocycles. The molecule has 2 saturated heterocycles. The highest BCUT2D eigenvalue weighted by atomic mass is 35.5. The van der Waals surface area contributed by atoms with Crippen LogP contribution in [0, 0.1) is 5.92 Å². The minimum Gasteiger partial charge on any atom is -0.300 e. The molecule has 1 aromatic carbocycles. The van der Waals surface area contributed by atoms with Gasteiger partial charge in [0, 0.05) is 24.2 Å². The maximum absolute atomic E-state index is 12.9. The number of nitrogens with zero attached hydrogens (tertiary/aromatic N) is 2. The van der Waals surface area contributed by atoms with Gasteiger partial charge in [0.15, 0.2) is 0 Å². The van der Waals surface area contributed by atoms with Crippen molar-refractivity contribution < 1.29 is 9.63 Å². The number of hydrogen-bond donors (Lipinski definition) is 0. The van der Waals surface area contributed by atoms with Crippen molar-refractivity contribution in [2.45, 2.75) is 37.3 Å². The van der Waals surface area contributed by atoms with Crippen molar-refractivity contribution in [2.75, 3.05) is 21.2 Å². The van der Waals surface area contributed by atoms with Gasteiger partial charge in [0.05, 0.1) is 13.0 Å². The van der Waals surface area contributed by atoms with Crippen molar-refractivity contribution in [3.8, 4) is 0 Å². The van der Waals surface area contributed by atoms with Crippen molar-refractivity contribution in [2.24, 2.45) is 5.92 Å². The number of rotatable bonds is 3. The lowest BCUT2D eigenvalue weighted by atomic mass is 9.75. The van der Waals surface area contributed by atoms with E-state index in [-0.39, 0.29) is 17.7 Å². The molecule has 1 amide bonds. The van der Waals surface area contributed by atoms with Crippen LogP contribution in [0.5, 0.6) is 0 Å². The van der Waals surface area contributed by atoms with Gasteiger partial charge in [-0.1, -0.05) is 23.7 Å². The fourth-order valence-corrected chi connectivity index (χ4v) is 4.28. The first kappa shape index (κ1) is 15.8. The molecule has 1 aromatic rings.